The third-order valence-electron chi connectivity index (χ3n) is 2.87. The molecule has 0 saturated heterocycles. The number of thioether (sulfide) groups is 1. The van der Waals surface area contributed by atoms with E-state index in [1.807, 2.05) is 31.2 Å². The van der Waals surface area contributed by atoms with Gasteiger partial charge in [0.25, 0.3) is 0 Å². The van der Waals surface area contributed by atoms with Crippen molar-refractivity contribution in [3.63, 3.8) is 0 Å². The van der Waals surface area contributed by atoms with Crippen molar-refractivity contribution < 1.29 is 0 Å². The van der Waals surface area contributed by atoms with Crippen molar-refractivity contribution in [1.29, 1.82) is 0 Å². The number of benzene rings is 1. The number of halogens is 1. The Morgan fingerprint density at radius 3 is 2.75 bits per heavy atom. The second-order valence-electron chi connectivity index (χ2n) is 4.36. The number of nitrogens with zero attached hydrogens (tertiary/aromatic N) is 2. The van der Waals surface area contributed by atoms with Crippen LogP contribution in [0.15, 0.2) is 34.2 Å². The molecule has 0 aliphatic carbocycles. The lowest BCUT2D eigenvalue weighted by atomic mass is 10.1. The van der Waals surface area contributed by atoms with Gasteiger partial charge in [0.15, 0.2) is 5.16 Å². The second kappa shape index (κ2) is 6.97. The Morgan fingerprint density at radius 2 is 2.15 bits per heavy atom. The van der Waals surface area contributed by atoms with Crippen molar-refractivity contribution >= 4 is 23.4 Å². The Balaban J connectivity index is 2.22. The number of aromatic amines is 1. The molecule has 0 saturated carbocycles. The molecule has 0 fully saturated rings. The summed E-state index contributed by atoms with van der Waals surface area (Å²) in [4.78, 5) is 11.7. The van der Waals surface area contributed by atoms with Gasteiger partial charge in [-0.3, -0.25) is 4.57 Å². The van der Waals surface area contributed by atoms with Gasteiger partial charge in [0.1, 0.15) is 0 Å². The molecule has 0 radical (unpaired) electrons. The smallest absolute Gasteiger partial charge is 0.329 e. The first-order chi connectivity index (χ1) is 9.65. The summed E-state index contributed by atoms with van der Waals surface area (Å²) < 4.78 is 1.64. The monoisotopic (exact) mass is 312 g/mol. The number of aromatic nitrogens is 3. The highest BCUT2D eigenvalue weighted by atomic mass is 35.5. The number of nitrogens with one attached hydrogen (secondary N) is 1. The fourth-order valence-corrected chi connectivity index (χ4v) is 3.04. The fourth-order valence-electron chi connectivity index (χ4n) is 1.87. The van der Waals surface area contributed by atoms with Crippen LogP contribution in [0, 0.1) is 0 Å². The van der Waals surface area contributed by atoms with E-state index >= 15 is 0 Å². The summed E-state index contributed by atoms with van der Waals surface area (Å²) in [5.74, 6) is 0. The van der Waals surface area contributed by atoms with Gasteiger partial charge in [-0.2, -0.15) is 0 Å². The van der Waals surface area contributed by atoms with Gasteiger partial charge in [0.2, 0.25) is 0 Å². The summed E-state index contributed by atoms with van der Waals surface area (Å²) in [5, 5.41) is 7.96. The Kier molecular flexibility index (Phi) is 5.28. The number of H-pyrrole nitrogens is 1. The van der Waals surface area contributed by atoms with E-state index in [9.17, 15) is 4.79 Å². The lowest BCUT2D eigenvalue weighted by molar-refractivity contribution is 0.602. The molecule has 1 aromatic heterocycles. The van der Waals surface area contributed by atoms with Crippen molar-refractivity contribution in [1.82, 2.24) is 14.8 Å². The molecule has 0 aliphatic heterocycles. The Labute approximate surface area is 126 Å². The minimum Gasteiger partial charge on any atom is -0.329 e. The topological polar surface area (TPSA) is 76.7 Å². The van der Waals surface area contributed by atoms with Crippen LogP contribution in [-0.4, -0.2) is 21.3 Å². The average Bonchev–Trinajstić information content (AvgIpc) is 2.79. The predicted octanol–water partition coefficient (Wildman–Crippen LogP) is 2.43. The lowest BCUT2D eigenvalue weighted by Gasteiger charge is -2.14. The van der Waals surface area contributed by atoms with Gasteiger partial charge in [-0.25, -0.2) is 9.89 Å². The molecule has 1 aromatic carbocycles. The molecule has 0 bridgehead atoms. The van der Waals surface area contributed by atoms with E-state index in [2.05, 4.69) is 10.2 Å². The Bertz CT molecular complexity index is 608. The summed E-state index contributed by atoms with van der Waals surface area (Å²) in [6, 6.07) is 7.57. The summed E-state index contributed by atoms with van der Waals surface area (Å²) in [5.41, 5.74) is 6.73. The molecule has 2 rings (SSSR count). The number of hydrogen-bond donors (Lipinski definition) is 2. The molecule has 1 heterocycles. The molecule has 1 atom stereocenters. The van der Waals surface area contributed by atoms with Gasteiger partial charge < -0.3 is 5.73 Å². The maximum absolute atomic E-state index is 11.7. The maximum Gasteiger partial charge on any atom is 0.343 e. The van der Waals surface area contributed by atoms with E-state index in [0.29, 0.717) is 23.3 Å². The zero-order chi connectivity index (χ0) is 14.5. The lowest BCUT2D eigenvalue weighted by Crippen LogP contribution is -2.18. The highest BCUT2D eigenvalue weighted by Gasteiger charge is 2.16. The first-order valence-electron chi connectivity index (χ1n) is 6.43. The molecule has 20 heavy (non-hydrogen) atoms. The van der Waals surface area contributed by atoms with E-state index in [4.69, 9.17) is 17.3 Å². The quantitative estimate of drug-likeness (QED) is 0.803. The van der Waals surface area contributed by atoms with Crippen molar-refractivity contribution in [2.24, 2.45) is 5.73 Å². The second-order valence-corrected chi connectivity index (χ2v) is 5.96. The van der Waals surface area contributed by atoms with E-state index in [0.717, 1.165) is 12.0 Å². The van der Waals surface area contributed by atoms with Crippen molar-refractivity contribution in [3.8, 4) is 0 Å². The SMILES string of the molecule is CCCn1c(SC(CN)c2ccc(Cl)cc2)n[nH]c1=O. The van der Waals surface area contributed by atoms with Crippen LogP contribution in [0.2, 0.25) is 5.02 Å². The van der Waals surface area contributed by atoms with Gasteiger partial charge in [-0.05, 0) is 24.1 Å². The van der Waals surface area contributed by atoms with E-state index in [1.165, 1.54) is 11.8 Å². The molecule has 5 nitrogen and oxygen atoms in total. The summed E-state index contributed by atoms with van der Waals surface area (Å²) >= 11 is 7.38. The summed E-state index contributed by atoms with van der Waals surface area (Å²) in [7, 11) is 0. The third kappa shape index (κ3) is 3.45. The number of rotatable bonds is 6. The van der Waals surface area contributed by atoms with Crippen LogP contribution in [0.3, 0.4) is 0 Å². The standard InChI is InChI=1S/C13H17ClN4OS/c1-2-7-18-12(19)16-17-13(18)20-11(8-15)9-3-5-10(14)6-4-9/h3-6,11H,2,7-8,15H2,1H3,(H,16,19). The zero-order valence-electron chi connectivity index (χ0n) is 11.2. The Morgan fingerprint density at radius 1 is 1.45 bits per heavy atom. The van der Waals surface area contributed by atoms with Crippen LogP contribution in [-0.2, 0) is 6.54 Å². The van der Waals surface area contributed by atoms with Crippen LogP contribution in [0.1, 0.15) is 24.2 Å². The molecule has 1 unspecified atom stereocenters. The predicted molar refractivity (Wildman–Crippen MR) is 82.2 cm³/mol. The molecule has 0 amide bonds. The molecule has 7 heteroatoms. The fraction of sp³-hybridized carbons (Fsp3) is 0.385. The van der Waals surface area contributed by atoms with Crippen LogP contribution < -0.4 is 11.4 Å². The molecule has 0 spiro atoms. The molecule has 0 aliphatic rings. The normalized spacial score (nSPS) is 12.6. The molecule has 2 aromatic rings. The van der Waals surface area contributed by atoms with E-state index in [-0.39, 0.29) is 10.9 Å². The van der Waals surface area contributed by atoms with Gasteiger partial charge in [-0.15, -0.1) is 5.10 Å². The molecule has 108 valence electrons. The van der Waals surface area contributed by atoms with Gasteiger partial charge >= 0.3 is 5.69 Å². The minimum absolute atomic E-state index is 0.0399. The van der Waals surface area contributed by atoms with Gasteiger partial charge in [0.05, 0.1) is 0 Å². The number of hydrogen-bond acceptors (Lipinski definition) is 4. The Hall–Kier alpha value is -1.24. The van der Waals surface area contributed by atoms with Crippen LogP contribution in [0.5, 0.6) is 0 Å². The van der Waals surface area contributed by atoms with Crippen molar-refractivity contribution in [2.45, 2.75) is 30.3 Å². The van der Waals surface area contributed by atoms with Crippen LogP contribution in [0.25, 0.3) is 0 Å². The summed E-state index contributed by atoms with van der Waals surface area (Å²) in [6.07, 6.45) is 0.876. The van der Waals surface area contributed by atoms with Crippen LogP contribution in [0.4, 0.5) is 0 Å². The number of nitrogens with two attached hydrogens (primary N) is 1. The maximum atomic E-state index is 11.7. The third-order valence-corrected chi connectivity index (χ3v) is 4.40. The summed E-state index contributed by atoms with van der Waals surface area (Å²) in [6.45, 7) is 3.13. The van der Waals surface area contributed by atoms with Gasteiger partial charge in [-0.1, -0.05) is 42.4 Å². The van der Waals surface area contributed by atoms with E-state index < -0.39 is 0 Å². The average molecular weight is 313 g/mol. The van der Waals surface area contributed by atoms with E-state index in [1.54, 1.807) is 4.57 Å². The van der Waals surface area contributed by atoms with Crippen molar-refractivity contribution in [2.75, 3.05) is 6.54 Å². The first kappa shape index (κ1) is 15.2. The van der Waals surface area contributed by atoms with Crippen molar-refractivity contribution in [3.05, 3.63) is 45.3 Å². The molecular weight excluding hydrogens is 296 g/mol. The largest absolute Gasteiger partial charge is 0.343 e. The first-order valence-corrected chi connectivity index (χ1v) is 7.68. The minimum atomic E-state index is -0.179. The molecule has 3 N–H and O–H groups in total. The van der Waals surface area contributed by atoms with Gasteiger partial charge in [0, 0.05) is 23.4 Å². The zero-order valence-corrected chi connectivity index (χ0v) is 12.7. The van der Waals surface area contributed by atoms with Crippen LogP contribution >= 0.6 is 23.4 Å². The highest BCUT2D eigenvalue weighted by molar-refractivity contribution is 7.99. The highest BCUT2D eigenvalue weighted by Crippen LogP contribution is 2.33. The molecular formula is C13H17ClN4OS.